The average Bonchev–Trinajstić information content (AvgIpc) is 2.69. The second-order valence-corrected chi connectivity index (χ2v) is 5.74. The van der Waals surface area contributed by atoms with Gasteiger partial charge in [0.05, 0.1) is 24.1 Å². The number of aryl methyl sites for hydroxylation is 1. The Morgan fingerprint density at radius 1 is 1.39 bits per heavy atom. The third kappa shape index (κ3) is 2.38. The molecule has 0 radical (unpaired) electrons. The van der Waals surface area contributed by atoms with Gasteiger partial charge in [-0.25, -0.2) is 4.98 Å². The summed E-state index contributed by atoms with van der Waals surface area (Å²) in [6, 6.07) is 1.96. The number of nitrogen functional groups attached to an aromatic ring is 1. The van der Waals surface area contributed by atoms with Crippen LogP contribution in [-0.2, 0) is 0 Å². The second kappa shape index (κ2) is 4.68. The summed E-state index contributed by atoms with van der Waals surface area (Å²) in [7, 11) is 0. The van der Waals surface area contributed by atoms with Crippen LogP contribution in [0.25, 0.3) is 10.2 Å². The molecule has 0 atom stereocenters. The SMILES string of the molecule is Cc1cc2c(NC(C)(CO)CO)nc(N)nc2s1. The van der Waals surface area contributed by atoms with Crippen molar-refractivity contribution >= 4 is 33.3 Å². The summed E-state index contributed by atoms with van der Waals surface area (Å²) in [4.78, 5) is 10.2. The summed E-state index contributed by atoms with van der Waals surface area (Å²) in [6.07, 6.45) is 0. The van der Waals surface area contributed by atoms with Crippen LogP contribution < -0.4 is 11.1 Å². The van der Waals surface area contributed by atoms with Crippen molar-refractivity contribution in [1.29, 1.82) is 0 Å². The first-order chi connectivity index (χ1) is 8.47. The lowest BCUT2D eigenvalue weighted by atomic mass is 10.1. The lowest BCUT2D eigenvalue weighted by molar-refractivity contribution is 0.147. The number of thiophene rings is 1. The first kappa shape index (κ1) is 13.0. The van der Waals surface area contributed by atoms with Crippen molar-refractivity contribution in [2.45, 2.75) is 19.4 Å². The Morgan fingerprint density at radius 2 is 2.06 bits per heavy atom. The largest absolute Gasteiger partial charge is 0.394 e. The monoisotopic (exact) mass is 268 g/mol. The third-order valence-corrected chi connectivity index (χ3v) is 3.60. The molecule has 2 rings (SSSR count). The Kier molecular flexibility index (Phi) is 3.38. The zero-order valence-electron chi connectivity index (χ0n) is 10.3. The summed E-state index contributed by atoms with van der Waals surface area (Å²) < 4.78 is 0. The van der Waals surface area contributed by atoms with E-state index in [9.17, 15) is 10.2 Å². The molecule has 5 N–H and O–H groups in total. The Labute approximate surface area is 108 Å². The van der Waals surface area contributed by atoms with Crippen LogP contribution >= 0.6 is 11.3 Å². The van der Waals surface area contributed by atoms with Gasteiger partial charge >= 0.3 is 0 Å². The number of nitrogens with two attached hydrogens (primary N) is 1. The van der Waals surface area contributed by atoms with Gasteiger partial charge in [-0.05, 0) is 19.9 Å². The van der Waals surface area contributed by atoms with Crippen LogP contribution in [0.5, 0.6) is 0 Å². The highest BCUT2D eigenvalue weighted by atomic mass is 32.1. The van der Waals surface area contributed by atoms with E-state index in [-0.39, 0.29) is 19.2 Å². The fraction of sp³-hybridized carbons (Fsp3) is 0.455. The molecule has 0 aliphatic carbocycles. The molecule has 0 bridgehead atoms. The smallest absolute Gasteiger partial charge is 0.223 e. The number of hydrogen-bond acceptors (Lipinski definition) is 7. The summed E-state index contributed by atoms with van der Waals surface area (Å²) in [6.45, 7) is 3.26. The van der Waals surface area contributed by atoms with E-state index in [2.05, 4.69) is 15.3 Å². The fourth-order valence-electron chi connectivity index (χ4n) is 1.57. The number of nitrogens with zero attached hydrogens (tertiary/aromatic N) is 2. The molecule has 0 aromatic carbocycles. The van der Waals surface area contributed by atoms with Gasteiger partial charge in [0.2, 0.25) is 5.95 Å². The van der Waals surface area contributed by atoms with Crippen molar-refractivity contribution in [2.24, 2.45) is 0 Å². The second-order valence-electron chi connectivity index (χ2n) is 4.51. The lowest BCUT2D eigenvalue weighted by Gasteiger charge is -2.27. The minimum atomic E-state index is -0.844. The van der Waals surface area contributed by atoms with Gasteiger partial charge in [-0.3, -0.25) is 0 Å². The van der Waals surface area contributed by atoms with Gasteiger partial charge in [-0.15, -0.1) is 11.3 Å². The number of hydrogen-bond donors (Lipinski definition) is 4. The molecule has 2 aromatic rings. The molecule has 0 saturated heterocycles. The molecule has 7 heteroatoms. The number of aromatic nitrogens is 2. The quantitative estimate of drug-likeness (QED) is 0.652. The Morgan fingerprint density at radius 3 is 2.67 bits per heavy atom. The van der Waals surface area contributed by atoms with Gasteiger partial charge in [0.15, 0.2) is 0 Å². The summed E-state index contributed by atoms with van der Waals surface area (Å²) in [5.41, 5.74) is 4.81. The molecular weight excluding hydrogens is 252 g/mol. The Balaban J connectivity index is 2.49. The van der Waals surface area contributed by atoms with E-state index in [1.807, 2.05) is 13.0 Å². The maximum atomic E-state index is 9.30. The molecule has 0 aliphatic heterocycles. The number of aliphatic hydroxyl groups excluding tert-OH is 2. The van der Waals surface area contributed by atoms with Crippen LogP contribution in [0.1, 0.15) is 11.8 Å². The molecule has 0 fully saturated rings. The van der Waals surface area contributed by atoms with E-state index in [4.69, 9.17) is 5.73 Å². The van der Waals surface area contributed by atoms with Crippen LogP contribution in [0.4, 0.5) is 11.8 Å². The molecule has 18 heavy (non-hydrogen) atoms. The summed E-state index contributed by atoms with van der Waals surface area (Å²) in [5.74, 6) is 0.706. The van der Waals surface area contributed by atoms with Gasteiger partial charge in [0.1, 0.15) is 10.6 Å². The number of fused-ring (bicyclic) bond motifs is 1. The van der Waals surface area contributed by atoms with Crippen molar-refractivity contribution in [3.05, 3.63) is 10.9 Å². The maximum Gasteiger partial charge on any atom is 0.223 e. The van der Waals surface area contributed by atoms with Crippen LogP contribution in [-0.4, -0.2) is 38.9 Å². The first-order valence-corrected chi connectivity index (χ1v) is 6.32. The van der Waals surface area contributed by atoms with Gasteiger partial charge < -0.3 is 21.3 Å². The average molecular weight is 268 g/mol. The van der Waals surface area contributed by atoms with E-state index in [0.29, 0.717) is 5.82 Å². The molecule has 6 nitrogen and oxygen atoms in total. The summed E-state index contributed by atoms with van der Waals surface area (Å²) in [5, 5.41) is 22.5. The number of aliphatic hydroxyl groups is 2. The van der Waals surface area contributed by atoms with Crippen LogP contribution in [0.15, 0.2) is 6.07 Å². The summed E-state index contributed by atoms with van der Waals surface area (Å²) >= 11 is 1.53. The van der Waals surface area contributed by atoms with E-state index in [1.54, 1.807) is 6.92 Å². The van der Waals surface area contributed by atoms with Crippen molar-refractivity contribution in [1.82, 2.24) is 9.97 Å². The fourth-order valence-corrected chi connectivity index (χ4v) is 2.46. The predicted molar refractivity (Wildman–Crippen MR) is 72.8 cm³/mol. The van der Waals surface area contributed by atoms with Crippen LogP contribution in [0.2, 0.25) is 0 Å². The molecule has 0 saturated carbocycles. The molecule has 0 unspecified atom stereocenters. The van der Waals surface area contributed by atoms with Gasteiger partial charge in [0, 0.05) is 4.88 Å². The van der Waals surface area contributed by atoms with Crippen LogP contribution in [0.3, 0.4) is 0 Å². The minimum absolute atomic E-state index is 0.171. The van der Waals surface area contributed by atoms with Crippen LogP contribution in [0, 0.1) is 6.92 Å². The molecule has 2 aromatic heterocycles. The lowest BCUT2D eigenvalue weighted by Crippen LogP contribution is -2.42. The zero-order chi connectivity index (χ0) is 13.3. The molecule has 0 spiro atoms. The molecular formula is C11H16N4O2S. The highest BCUT2D eigenvalue weighted by Gasteiger charge is 2.24. The van der Waals surface area contributed by atoms with E-state index >= 15 is 0 Å². The van der Waals surface area contributed by atoms with Crippen molar-refractivity contribution < 1.29 is 10.2 Å². The van der Waals surface area contributed by atoms with Crippen molar-refractivity contribution in [3.63, 3.8) is 0 Å². The normalized spacial score (nSPS) is 12.0. The molecule has 2 heterocycles. The van der Waals surface area contributed by atoms with Gasteiger partial charge in [-0.2, -0.15) is 4.98 Å². The third-order valence-electron chi connectivity index (χ3n) is 2.65. The van der Waals surface area contributed by atoms with Gasteiger partial charge in [0.25, 0.3) is 0 Å². The topological polar surface area (TPSA) is 104 Å². The molecule has 98 valence electrons. The zero-order valence-corrected chi connectivity index (χ0v) is 11.1. The standard InChI is InChI=1S/C11H16N4O2S/c1-6-3-7-8(15-11(2,4-16)5-17)13-10(12)14-9(7)18-6/h3,16-17H,4-5H2,1-2H3,(H3,12,13,14,15). The maximum absolute atomic E-state index is 9.30. The van der Waals surface area contributed by atoms with Crippen molar-refractivity contribution in [2.75, 3.05) is 24.3 Å². The van der Waals surface area contributed by atoms with Crippen molar-refractivity contribution in [3.8, 4) is 0 Å². The number of anilines is 2. The molecule has 0 amide bonds. The Hall–Kier alpha value is -1.44. The molecule has 0 aliphatic rings. The van der Waals surface area contributed by atoms with Gasteiger partial charge in [-0.1, -0.05) is 0 Å². The predicted octanol–water partition coefficient (Wildman–Crippen LogP) is 0.737. The van der Waals surface area contributed by atoms with E-state index < -0.39 is 5.54 Å². The van der Waals surface area contributed by atoms with E-state index in [1.165, 1.54) is 11.3 Å². The Bertz CT molecular complexity index is 565. The highest BCUT2D eigenvalue weighted by molar-refractivity contribution is 7.18. The van der Waals surface area contributed by atoms with E-state index in [0.717, 1.165) is 15.1 Å². The number of rotatable bonds is 4. The highest BCUT2D eigenvalue weighted by Crippen LogP contribution is 2.30. The first-order valence-electron chi connectivity index (χ1n) is 5.51. The minimum Gasteiger partial charge on any atom is -0.394 e. The number of nitrogens with one attached hydrogen (secondary N) is 1.